The highest BCUT2D eigenvalue weighted by Crippen LogP contribution is 2.29. The molecule has 0 atom stereocenters. The van der Waals surface area contributed by atoms with E-state index in [0.29, 0.717) is 6.07 Å². The second-order valence-electron chi connectivity index (χ2n) is 3.05. The quantitative estimate of drug-likeness (QED) is 0.408. The number of benzene rings is 2. The first-order valence-corrected chi connectivity index (χ1v) is 4.03. The second-order valence-corrected chi connectivity index (χ2v) is 3.05. The van der Waals surface area contributed by atoms with Crippen molar-refractivity contribution in [2.24, 2.45) is 0 Å². The van der Waals surface area contributed by atoms with E-state index < -0.39 is 28.7 Å². The van der Waals surface area contributed by atoms with Gasteiger partial charge in [0.2, 0.25) is 0 Å². The van der Waals surface area contributed by atoms with E-state index in [2.05, 4.69) is 0 Å². The average Bonchev–Trinajstić information content (AvgIpc) is 2.20. The number of fused-ring (bicyclic) bond motifs is 1. The van der Waals surface area contributed by atoms with Crippen LogP contribution >= 0.6 is 0 Å². The lowest BCUT2D eigenvalue weighted by atomic mass is 10.1. The van der Waals surface area contributed by atoms with Crippen LogP contribution in [0.2, 0.25) is 0 Å². The molecule has 0 aromatic heterocycles. The Morgan fingerprint density at radius 3 is 2.20 bits per heavy atom. The lowest BCUT2D eigenvalue weighted by Gasteiger charge is -2.05. The Labute approximate surface area is 82.1 Å². The summed E-state index contributed by atoms with van der Waals surface area (Å²) in [6, 6.07) is 2.73. The molecule has 0 aliphatic rings. The van der Waals surface area contributed by atoms with Crippen LogP contribution in [0.15, 0.2) is 18.2 Å². The molecule has 2 aromatic carbocycles. The molecule has 0 aliphatic carbocycles. The van der Waals surface area contributed by atoms with Gasteiger partial charge < -0.3 is 5.73 Å². The van der Waals surface area contributed by atoms with Crippen LogP contribution in [0, 0.1) is 23.3 Å². The minimum Gasteiger partial charge on any atom is -0.398 e. The van der Waals surface area contributed by atoms with Crippen molar-refractivity contribution in [1.29, 1.82) is 0 Å². The van der Waals surface area contributed by atoms with E-state index >= 15 is 0 Å². The molecule has 0 bridgehead atoms. The van der Waals surface area contributed by atoms with Gasteiger partial charge in [-0.2, -0.15) is 0 Å². The van der Waals surface area contributed by atoms with Crippen LogP contribution in [-0.4, -0.2) is 0 Å². The molecule has 0 saturated heterocycles. The average molecular weight is 215 g/mol. The topological polar surface area (TPSA) is 26.0 Å². The van der Waals surface area contributed by atoms with E-state index in [-0.39, 0.29) is 11.1 Å². The number of rotatable bonds is 0. The summed E-state index contributed by atoms with van der Waals surface area (Å²) in [5.74, 6) is -5.63. The summed E-state index contributed by atoms with van der Waals surface area (Å²) in [5.41, 5.74) is 5.38. The van der Waals surface area contributed by atoms with Crippen LogP contribution in [0.4, 0.5) is 23.2 Å². The minimum atomic E-state index is -1.70. The smallest absolute Gasteiger partial charge is 0.195 e. The van der Waals surface area contributed by atoms with Crippen LogP contribution < -0.4 is 5.73 Å². The van der Waals surface area contributed by atoms with E-state index in [1.54, 1.807) is 0 Å². The second kappa shape index (κ2) is 3.12. The summed E-state index contributed by atoms with van der Waals surface area (Å²) in [5, 5.41) is -0.805. The highest BCUT2D eigenvalue weighted by atomic mass is 19.2. The molecule has 0 heterocycles. The van der Waals surface area contributed by atoms with Crippen LogP contribution in [0.25, 0.3) is 10.8 Å². The number of hydrogen-bond donors (Lipinski definition) is 1. The number of hydrogen-bond acceptors (Lipinski definition) is 1. The first-order chi connectivity index (χ1) is 7.02. The van der Waals surface area contributed by atoms with Gasteiger partial charge in [-0.1, -0.05) is 0 Å². The van der Waals surface area contributed by atoms with E-state index in [4.69, 9.17) is 5.73 Å². The van der Waals surface area contributed by atoms with Gasteiger partial charge in [-0.15, -0.1) is 0 Å². The van der Waals surface area contributed by atoms with Gasteiger partial charge in [-0.05, 0) is 18.2 Å². The minimum absolute atomic E-state index is 0.01000. The van der Waals surface area contributed by atoms with E-state index in [1.807, 2.05) is 0 Å². The third-order valence-electron chi connectivity index (χ3n) is 2.12. The molecule has 15 heavy (non-hydrogen) atoms. The fourth-order valence-corrected chi connectivity index (χ4v) is 1.39. The fraction of sp³-hybridized carbons (Fsp3) is 0. The lowest BCUT2D eigenvalue weighted by molar-refractivity contribution is 0.451. The summed E-state index contributed by atoms with van der Waals surface area (Å²) >= 11 is 0. The summed E-state index contributed by atoms with van der Waals surface area (Å²) in [4.78, 5) is 0. The fourth-order valence-electron chi connectivity index (χ4n) is 1.39. The van der Waals surface area contributed by atoms with Gasteiger partial charge in [0.1, 0.15) is 5.82 Å². The Bertz CT molecular complexity index is 551. The van der Waals surface area contributed by atoms with Gasteiger partial charge in [0.05, 0.1) is 5.39 Å². The maximum absolute atomic E-state index is 13.2. The standard InChI is InChI=1S/C10H5F4N/c11-5-1-2-7(15)4-3-6(12)9(13)10(14)8(4)5/h1-3H,15H2. The molecule has 5 heteroatoms. The molecule has 0 fully saturated rings. The van der Waals surface area contributed by atoms with Crippen molar-refractivity contribution in [3.05, 3.63) is 41.5 Å². The van der Waals surface area contributed by atoms with Crippen LogP contribution in [-0.2, 0) is 0 Å². The Morgan fingerprint density at radius 1 is 0.867 bits per heavy atom. The summed E-state index contributed by atoms with van der Waals surface area (Å²) < 4.78 is 52.0. The molecule has 2 N–H and O–H groups in total. The summed E-state index contributed by atoms with van der Waals surface area (Å²) in [7, 11) is 0. The normalized spacial score (nSPS) is 10.9. The zero-order valence-electron chi connectivity index (χ0n) is 7.32. The number of anilines is 1. The molecule has 2 aromatic rings. The van der Waals surface area contributed by atoms with Gasteiger partial charge >= 0.3 is 0 Å². The molecule has 2 rings (SSSR count). The highest BCUT2D eigenvalue weighted by Gasteiger charge is 2.17. The van der Waals surface area contributed by atoms with Crippen molar-refractivity contribution in [3.8, 4) is 0 Å². The molecule has 0 spiro atoms. The molecule has 0 saturated carbocycles. The highest BCUT2D eigenvalue weighted by molar-refractivity contribution is 5.93. The van der Waals surface area contributed by atoms with E-state index in [1.165, 1.54) is 0 Å². The molecular formula is C10H5F4N. The molecule has 0 aliphatic heterocycles. The summed E-state index contributed by atoms with van der Waals surface area (Å²) in [6.07, 6.45) is 0. The molecule has 0 radical (unpaired) electrons. The van der Waals surface area contributed by atoms with E-state index in [0.717, 1.165) is 12.1 Å². The number of nitrogen functional groups attached to an aromatic ring is 1. The monoisotopic (exact) mass is 215 g/mol. The van der Waals surface area contributed by atoms with Gasteiger partial charge in [0.15, 0.2) is 17.5 Å². The molecule has 78 valence electrons. The van der Waals surface area contributed by atoms with Crippen LogP contribution in [0.5, 0.6) is 0 Å². The van der Waals surface area contributed by atoms with Gasteiger partial charge in [-0.25, -0.2) is 17.6 Å². The lowest BCUT2D eigenvalue weighted by Crippen LogP contribution is -1.97. The van der Waals surface area contributed by atoms with Crippen molar-refractivity contribution in [1.82, 2.24) is 0 Å². The van der Waals surface area contributed by atoms with Gasteiger partial charge in [-0.3, -0.25) is 0 Å². The number of nitrogens with two attached hydrogens (primary N) is 1. The van der Waals surface area contributed by atoms with Crippen LogP contribution in [0.1, 0.15) is 0 Å². The predicted molar refractivity (Wildman–Crippen MR) is 48.2 cm³/mol. The maximum atomic E-state index is 13.2. The first-order valence-electron chi connectivity index (χ1n) is 4.03. The van der Waals surface area contributed by atoms with Crippen molar-refractivity contribution < 1.29 is 17.6 Å². The molecule has 0 amide bonds. The SMILES string of the molecule is Nc1ccc(F)c2c(F)c(F)c(F)cc12. The van der Waals surface area contributed by atoms with Gasteiger partial charge in [0.25, 0.3) is 0 Å². The Morgan fingerprint density at radius 2 is 1.53 bits per heavy atom. The number of halogens is 4. The predicted octanol–water partition coefficient (Wildman–Crippen LogP) is 2.98. The Balaban J connectivity index is 3.04. The Hall–Kier alpha value is -1.78. The molecule has 1 nitrogen and oxygen atoms in total. The largest absolute Gasteiger partial charge is 0.398 e. The Kier molecular flexibility index (Phi) is 2.03. The van der Waals surface area contributed by atoms with Crippen molar-refractivity contribution in [2.75, 3.05) is 5.73 Å². The zero-order valence-corrected chi connectivity index (χ0v) is 7.32. The maximum Gasteiger partial charge on any atom is 0.195 e. The molecular weight excluding hydrogens is 210 g/mol. The van der Waals surface area contributed by atoms with Crippen molar-refractivity contribution in [2.45, 2.75) is 0 Å². The van der Waals surface area contributed by atoms with Gasteiger partial charge in [0, 0.05) is 11.1 Å². The van der Waals surface area contributed by atoms with Crippen LogP contribution in [0.3, 0.4) is 0 Å². The molecule has 0 unspecified atom stereocenters. The van der Waals surface area contributed by atoms with Crippen molar-refractivity contribution >= 4 is 16.5 Å². The first kappa shape index (κ1) is 9.76. The zero-order chi connectivity index (χ0) is 11.2. The third kappa shape index (κ3) is 1.31. The summed E-state index contributed by atoms with van der Waals surface area (Å²) in [6.45, 7) is 0. The van der Waals surface area contributed by atoms with Crippen molar-refractivity contribution in [3.63, 3.8) is 0 Å². The third-order valence-corrected chi connectivity index (χ3v) is 2.12. The van der Waals surface area contributed by atoms with E-state index in [9.17, 15) is 17.6 Å².